The number of para-hydroxylation sites is 3. The average Bonchev–Trinajstić information content (AvgIpc) is 4.08. The zero-order valence-electron chi connectivity index (χ0n) is 40.6. The highest BCUT2D eigenvalue weighted by molar-refractivity contribution is 6.21. The highest BCUT2D eigenvalue weighted by Gasteiger charge is 2.42. The van der Waals surface area contributed by atoms with Crippen LogP contribution < -0.4 is 0 Å². The number of aromatic nitrogens is 2. The van der Waals surface area contributed by atoms with Gasteiger partial charge in [0.25, 0.3) is 0 Å². The topological polar surface area (TPSA) is 47.7 Å². The maximum absolute atomic E-state index is 6.82. The molecule has 1 aliphatic carbocycles. The summed E-state index contributed by atoms with van der Waals surface area (Å²) < 4.78 is 11.8. The van der Waals surface area contributed by atoms with Crippen LogP contribution in [0.1, 0.15) is 49.1 Å². The molecule has 0 bridgehead atoms. The van der Waals surface area contributed by atoms with E-state index in [0.717, 1.165) is 84.7 Å². The van der Waals surface area contributed by atoms with Gasteiger partial charge in [-0.1, -0.05) is 165 Å². The van der Waals surface area contributed by atoms with Crippen molar-refractivity contribution < 1.29 is 4.42 Å². The molecule has 0 amide bonds. The number of benzene rings is 10. The average molecular weight is 937 g/mol. The summed E-state index contributed by atoms with van der Waals surface area (Å²) in [5.74, 6) is 0.758. The highest BCUT2D eigenvalue weighted by atomic mass is 16.3. The van der Waals surface area contributed by atoms with Crippen LogP contribution in [0.4, 0.5) is 0 Å². The number of fused-ring (bicyclic) bond motifs is 12. The van der Waals surface area contributed by atoms with Gasteiger partial charge < -0.3 is 13.6 Å². The number of aliphatic imine (C=N–C) groups is 2. The Balaban J connectivity index is 1.06. The molecule has 3 aromatic heterocycles. The predicted octanol–water partition coefficient (Wildman–Crippen LogP) is 17.7. The molecular weight excluding hydrogens is 889 g/mol. The lowest BCUT2D eigenvalue weighted by Gasteiger charge is -2.34. The van der Waals surface area contributed by atoms with Crippen LogP contribution >= 0.6 is 0 Å². The third kappa shape index (κ3) is 6.41. The second-order valence-corrected chi connectivity index (χ2v) is 20.3. The largest absolute Gasteiger partial charge is 0.456 e. The van der Waals surface area contributed by atoms with E-state index in [0.29, 0.717) is 6.42 Å². The van der Waals surface area contributed by atoms with Crippen molar-refractivity contribution >= 4 is 110 Å². The Kier molecular flexibility index (Phi) is 9.13. The Hall–Kier alpha value is -9.06. The first-order chi connectivity index (χ1) is 35.9. The van der Waals surface area contributed by atoms with E-state index >= 15 is 0 Å². The van der Waals surface area contributed by atoms with Crippen molar-refractivity contribution in [2.75, 3.05) is 0 Å². The van der Waals surface area contributed by atoms with Gasteiger partial charge >= 0.3 is 0 Å². The molecule has 0 spiro atoms. The monoisotopic (exact) mass is 936 g/mol. The first-order valence-electron chi connectivity index (χ1n) is 25.5. The normalized spacial score (nSPS) is 17.9. The second-order valence-electron chi connectivity index (χ2n) is 20.3. The van der Waals surface area contributed by atoms with Crippen molar-refractivity contribution in [3.8, 4) is 11.4 Å². The van der Waals surface area contributed by atoms with E-state index in [-0.39, 0.29) is 5.92 Å². The molecule has 0 saturated heterocycles. The summed E-state index contributed by atoms with van der Waals surface area (Å²) in [6.45, 7) is 4.72. The lowest BCUT2D eigenvalue weighted by atomic mass is 9.76. The summed E-state index contributed by atoms with van der Waals surface area (Å²) in [5.41, 5.74) is 13.1. The molecule has 0 fully saturated rings. The SMILES string of the molecule is CC1C/C=C(\c2ccc3ccccc3c2)N=C(C2(C)CC=Cc3c2n(-c2ccccc2)c2ccccc32)N=C1c1cc2c(cc1-n1c3cc4ccccc4cc3c3cc4ccccc4cc31)oc1ccccc12. The Morgan fingerprint density at radius 3 is 1.85 bits per heavy atom. The molecule has 2 unspecified atom stereocenters. The van der Waals surface area contributed by atoms with Gasteiger partial charge in [-0.15, -0.1) is 0 Å². The van der Waals surface area contributed by atoms with Crippen LogP contribution in [0.3, 0.4) is 0 Å². The summed E-state index contributed by atoms with van der Waals surface area (Å²) in [4.78, 5) is 12.1. The van der Waals surface area contributed by atoms with Gasteiger partial charge in [0.15, 0.2) is 0 Å². The molecule has 13 aromatic rings. The molecule has 4 heterocycles. The lowest BCUT2D eigenvalue weighted by molar-refractivity contribution is 0.602. The minimum Gasteiger partial charge on any atom is -0.456 e. The molecular formula is C68H48N4O. The maximum atomic E-state index is 6.82. The number of furan rings is 1. The van der Waals surface area contributed by atoms with E-state index in [4.69, 9.17) is 14.4 Å². The second kappa shape index (κ2) is 16.0. The number of allylic oxidation sites excluding steroid dienone is 2. The van der Waals surface area contributed by atoms with E-state index in [1.807, 2.05) is 0 Å². The van der Waals surface area contributed by atoms with Gasteiger partial charge in [0.1, 0.15) is 17.0 Å². The van der Waals surface area contributed by atoms with E-state index in [9.17, 15) is 0 Å². The molecule has 0 saturated carbocycles. The minimum absolute atomic E-state index is 0.0211. The van der Waals surface area contributed by atoms with E-state index in [1.165, 1.54) is 59.7 Å². The molecule has 15 rings (SSSR count). The van der Waals surface area contributed by atoms with Gasteiger partial charge in [0, 0.05) is 67.0 Å². The van der Waals surface area contributed by atoms with Crippen LogP contribution in [0.2, 0.25) is 0 Å². The molecule has 346 valence electrons. The minimum atomic E-state index is -0.672. The van der Waals surface area contributed by atoms with Crippen LogP contribution in [0.15, 0.2) is 233 Å². The van der Waals surface area contributed by atoms with E-state index in [1.54, 1.807) is 0 Å². The van der Waals surface area contributed by atoms with Crippen molar-refractivity contribution in [3.05, 3.63) is 241 Å². The number of rotatable bonds is 5. The van der Waals surface area contributed by atoms with Crippen LogP contribution in [0.25, 0.3) is 110 Å². The van der Waals surface area contributed by atoms with Gasteiger partial charge in [-0.25, -0.2) is 9.98 Å². The highest BCUT2D eigenvalue weighted by Crippen LogP contribution is 2.47. The first-order valence-corrected chi connectivity index (χ1v) is 25.5. The lowest BCUT2D eigenvalue weighted by Crippen LogP contribution is -2.37. The molecule has 1 aliphatic heterocycles. The van der Waals surface area contributed by atoms with Gasteiger partial charge in [-0.2, -0.15) is 0 Å². The molecule has 5 nitrogen and oxygen atoms in total. The van der Waals surface area contributed by atoms with Gasteiger partial charge in [0.2, 0.25) is 0 Å². The molecule has 73 heavy (non-hydrogen) atoms. The summed E-state index contributed by atoms with van der Waals surface area (Å²) in [5, 5.41) is 13.0. The Morgan fingerprint density at radius 2 is 1.12 bits per heavy atom. The van der Waals surface area contributed by atoms with Crippen molar-refractivity contribution in [3.63, 3.8) is 0 Å². The maximum Gasteiger partial charge on any atom is 0.141 e. The van der Waals surface area contributed by atoms with Gasteiger partial charge in [-0.3, -0.25) is 0 Å². The fourth-order valence-electron chi connectivity index (χ4n) is 12.2. The summed E-state index contributed by atoms with van der Waals surface area (Å²) >= 11 is 0. The number of nitrogens with zero attached hydrogens (tertiary/aromatic N) is 4. The summed E-state index contributed by atoms with van der Waals surface area (Å²) in [6, 6.07) is 75.0. The van der Waals surface area contributed by atoms with Crippen LogP contribution in [0.5, 0.6) is 0 Å². The fourth-order valence-corrected chi connectivity index (χ4v) is 12.2. The molecule has 2 atom stereocenters. The van der Waals surface area contributed by atoms with E-state index in [2.05, 4.69) is 247 Å². The number of hydrogen-bond acceptors (Lipinski definition) is 3. The van der Waals surface area contributed by atoms with Crippen LogP contribution in [0, 0.1) is 5.92 Å². The standard InChI is InChI=1S/C68H48N4O/c1-42-30-33-58(49-32-31-43-17-6-7-18-44(43)35-49)69-67(68(2)34-16-27-53-51-25-12-14-28-59(51)71(66(53)68)50-23-4-3-5-24-50)70-65(42)57-40-56-52-26-13-15-29-63(52)73-64(56)41-62(57)72-60-38-47-21-10-8-19-45(47)36-54(60)55-37-46-20-9-11-22-48(46)39-61(55)72/h3-29,31-33,35-42H,30,34H2,1-2H3/b58-33+,69-67?,70-65?. The molecule has 0 radical (unpaired) electrons. The molecule has 10 aromatic carbocycles. The van der Waals surface area contributed by atoms with Crippen molar-refractivity contribution in [2.45, 2.75) is 32.1 Å². The summed E-state index contributed by atoms with van der Waals surface area (Å²) in [6.07, 6.45) is 8.47. The van der Waals surface area contributed by atoms with Crippen molar-refractivity contribution in [1.29, 1.82) is 0 Å². The number of hydrogen-bond donors (Lipinski definition) is 0. The zero-order valence-corrected chi connectivity index (χ0v) is 40.6. The van der Waals surface area contributed by atoms with Crippen LogP contribution in [-0.2, 0) is 5.41 Å². The molecule has 0 N–H and O–H groups in total. The Bertz CT molecular complexity index is 4500. The Morgan fingerprint density at radius 1 is 0.507 bits per heavy atom. The third-order valence-electron chi connectivity index (χ3n) is 15.9. The number of amidine groups is 1. The van der Waals surface area contributed by atoms with Crippen molar-refractivity contribution in [2.24, 2.45) is 15.9 Å². The van der Waals surface area contributed by atoms with Crippen molar-refractivity contribution in [1.82, 2.24) is 9.13 Å². The van der Waals surface area contributed by atoms with Crippen LogP contribution in [-0.4, -0.2) is 20.7 Å². The zero-order chi connectivity index (χ0) is 48.4. The molecule has 5 heteroatoms. The molecule has 2 aliphatic rings. The van der Waals surface area contributed by atoms with Gasteiger partial charge in [0.05, 0.1) is 39.1 Å². The predicted molar refractivity (Wildman–Crippen MR) is 307 cm³/mol. The third-order valence-corrected chi connectivity index (χ3v) is 15.9. The quantitative estimate of drug-likeness (QED) is 0.170. The smallest absolute Gasteiger partial charge is 0.141 e. The van der Waals surface area contributed by atoms with Gasteiger partial charge in [-0.05, 0) is 113 Å². The first kappa shape index (κ1) is 41.7. The fraction of sp³-hybridized carbons (Fsp3) is 0.0882. The Labute approximate surface area is 422 Å². The summed E-state index contributed by atoms with van der Waals surface area (Å²) in [7, 11) is 0. The van der Waals surface area contributed by atoms with E-state index < -0.39 is 5.41 Å².